The van der Waals surface area contributed by atoms with E-state index in [1.165, 1.54) is 11.8 Å². The van der Waals surface area contributed by atoms with Crippen LogP contribution in [0.25, 0.3) is 0 Å². The van der Waals surface area contributed by atoms with E-state index in [0.29, 0.717) is 12.8 Å². The Morgan fingerprint density at radius 1 is 0.967 bits per heavy atom. The minimum Gasteiger partial charge on any atom is -0.497 e. The second-order valence-electron chi connectivity index (χ2n) is 7.55. The zero-order chi connectivity index (χ0) is 21.8. The number of aliphatic hydroxyl groups is 1. The first-order valence-electron chi connectivity index (χ1n) is 9.84. The lowest BCUT2D eigenvalue weighted by molar-refractivity contribution is -0.181. The number of methoxy groups -OCH3 is 2. The molecule has 7 nitrogen and oxygen atoms in total. The van der Waals surface area contributed by atoms with Gasteiger partial charge in [-0.3, -0.25) is 4.79 Å². The molecule has 0 spiro atoms. The molecule has 3 atom stereocenters. The third-order valence-electron chi connectivity index (χ3n) is 5.61. The molecule has 1 fully saturated rings. The Hall–Kier alpha value is -3.06. The number of nitrogens with zero attached hydrogens (tertiary/aromatic N) is 1. The second kappa shape index (κ2) is 9.17. The Kier molecular flexibility index (Phi) is 6.62. The van der Waals surface area contributed by atoms with E-state index in [4.69, 9.17) is 9.47 Å². The normalized spacial score (nSPS) is 19.4. The van der Waals surface area contributed by atoms with Gasteiger partial charge in [0.25, 0.3) is 0 Å². The Labute approximate surface area is 175 Å². The van der Waals surface area contributed by atoms with Gasteiger partial charge in [0.1, 0.15) is 17.5 Å². The summed E-state index contributed by atoms with van der Waals surface area (Å²) in [6, 6.07) is 13.6. The molecule has 1 aliphatic rings. The molecule has 1 saturated heterocycles. The van der Waals surface area contributed by atoms with Crippen molar-refractivity contribution in [3.05, 3.63) is 59.7 Å². The van der Waals surface area contributed by atoms with Gasteiger partial charge in [-0.05, 0) is 55.2 Å². The largest absolute Gasteiger partial charge is 0.497 e. The van der Waals surface area contributed by atoms with Crippen molar-refractivity contribution in [3.8, 4) is 11.5 Å². The molecule has 0 radical (unpaired) electrons. The maximum Gasteiger partial charge on any atom is 0.327 e. The summed E-state index contributed by atoms with van der Waals surface area (Å²) in [7, 11) is 3.18. The maximum atomic E-state index is 12.8. The van der Waals surface area contributed by atoms with Crippen LogP contribution in [0.5, 0.6) is 11.5 Å². The fourth-order valence-electron chi connectivity index (χ4n) is 4.02. The van der Waals surface area contributed by atoms with Crippen molar-refractivity contribution in [1.82, 2.24) is 4.90 Å². The highest BCUT2D eigenvalue weighted by atomic mass is 16.5. The van der Waals surface area contributed by atoms with Gasteiger partial charge in [-0.1, -0.05) is 24.3 Å². The van der Waals surface area contributed by atoms with Gasteiger partial charge in [0, 0.05) is 6.04 Å². The summed E-state index contributed by atoms with van der Waals surface area (Å²) in [5.41, 5.74) is 1.93. The van der Waals surface area contributed by atoms with E-state index in [9.17, 15) is 19.8 Å². The number of carboxylic acids is 1. The number of benzene rings is 2. The summed E-state index contributed by atoms with van der Waals surface area (Å²) in [5, 5.41) is 19.6. The van der Waals surface area contributed by atoms with Gasteiger partial charge >= 0.3 is 5.97 Å². The molecule has 2 aromatic carbocycles. The van der Waals surface area contributed by atoms with Crippen LogP contribution in [0.15, 0.2) is 48.5 Å². The summed E-state index contributed by atoms with van der Waals surface area (Å²) >= 11 is 0. The van der Waals surface area contributed by atoms with Crippen LogP contribution in [0.3, 0.4) is 0 Å². The average Bonchev–Trinajstić information content (AvgIpc) is 2.72. The molecule has 0 aromatic heterocycles. The van der Waals surface area contributed by atoms with Crippen LogP contribution in [0.1, 0.15) is 18.1 Å². The fourth-order valence-corrected chi connectivity index (χ4v) is 4.02. The minimum absolute atomic E-state index is 0.329. The van der Waals surface area contributed by atoms with Gasteiger partial charge in [0.05, 0.1) is 26.2 Å². The smallest absolute Gasteiger partial charge is 0.327 e. The summed E-state index contributed by atoms with van der Waals surface area (Å²) in [4.78, 5) is 26.1. The van der Waals surface area contributed by atoms with Gasteiger partial charge in [0.2, 0.25) is 5.91 Å². The molecule has 1 amide bonds. The monoisotopic (exact) mass is 413 g/mol. The molecule has 1 heterocycles. The van der Waals surface area contributed by atoms with E-state index in [2.05, 4.69) is 0 Å². The highest BCUT2D eigenvalue weighted by molar-refractivity contribution is 5.97. The summed E-state index contributed by atoms with van der Waals surface area (Å²) in [5.74, 6) is -0.901. The number of carbonyl (C=O) groups is 2. The molecular weight excluding hydrogens is 386 g/mol. The first-order chi connectivity index (χ1) is 14.3. The van der Waals surface area contributed by atoms with E-state index in [1.54, 1.807) is 14.2 Å². The highest BCUT2D eigenvalue weighted by Crippen LogP contribution is 2.34. The molecular formula is C23H27NO6. The zero-order valence-corrected chi connectivity index (χ0v) is 17.3. The van der Waals surface area contributed by atoms with Crippen LogP contribution >= 0.6 is 0 Å². The van der Waals surface area contributed by atoms with Crippen LogP contribution in [-0.2, 0) is 22.4 Å². The van der Waals surface area contributed by atoms with E-state index >= 15 is 0 Å². The molecule has 2 aromatic rings. The first-order valence-corrected chi connectivity index (χ1v) is 9.84. The Bertz CT molecular complexity index is 828. The Balaban J connectivity index is 1.89. The SMILES string of the molecule is COc1ccc(CC(Cc2ccc(OC)cc2)N2C(=O)[C@H](C(C)O)[C@H]2C(=O)O)cc1. The molecule has 30 heavy (non-hydrogen) atoms. The number of carbonyl (C=O) groups excluding carboxylic acids is 1. The zero-order valence-electron chi connectivity index (χ0n) is 17.3. The van der Waals surface area contributed by atoms with Crippen LogP contribution in [0.4, 0.5) is 0 Å². The third kappa shape index (κ3) is 4.41. The van der Waals surface area contributed by atoms with E-state index < -0.39 is 24.0 Å². The van der Waals surface area contributed by atoms with Crippen molar-refractivity contribution in [2.75, 3.05) is 14.2 Å². The highest BCUT2D eigenvalue weighted by Gasteiger charge is 2.55. The summed E-state index contributed by atoms with van der Waals surface area (Å²) in [6.07, 6.45) is -0.0478. The molecule has 3 rings (SSSR count). The van der Waals surface area contributed by atoms with Gasteiger partial charge in [-0.15, -0.1) is 0 Å². The van der Waals surface area contributed by atoms with Crippen LogP contribution in [0, 0.1) is 5.92 Å². The predicted molar refractivity (Wildman–Crippen MR) is 111 cm³/mol. The van der Waals surface area contributed by atoms with Crippen molar-refractivity contribution < 1.29 is 29.3 Å². The van der Waals surface area contributed by atoms with Crippen molar-refractivity contribution >= 4 is 11.9 Å². The molecule has 160 valence electrons. The molecule has 0 saturated carbocycles. The number of ether oxygens (including phenoxy) is 2. The molecule has 7 heteroatoms. The van der Waals surface area contributed by atoms with Crippen LogP contribution in [-0.4, -0.2) is 59.4 Å². The standard InChI is InChI=1S/C23H27NO6/c1-14(25)20-21(23(27)28)24(22(20)26)17(12-15-4-8-18(29-2)9-5-15)13-16-6-10-19(30-3)11-7-16/h4-11,14,17,20-21,25H,12-13H2,1-3H3,(H,27,28)/t14?,20-,21+/m1/s1. The van der Waals surface area contributed by atoms with Gasteiger partial charge < -0.3 is 24.6 Å². The molecule has 1 aliphatic heterocycles. The van der Waals surface area contributed by atoms with Crippen molar-refractivity contribution in [1.29, 1.82) is 0 Å². The van der Waals surface area contributed by atoms with Gasteiger partial charge in [0.15, 0.2) is 0 Å². The number of β-lactam (4-membered cyclic amide) rings is 1. The van der Waals surface area contributed by atoms with Crippen LogP contribution < -0.4 is 9.47 Å². The number of hydrogen-bond acceptors (Lipinski definition) is 5. The fraction of sp³-hybridized carbons (Fsp3) is 0.391. The van der Waals surface area contributed by atoms with Crippen molar-refractivity contribution in [3.63, 3.8) is 0 Å². The third-order valence-corrected chi connectivity index (χ3v) is 5.61. The molecule has 1 unspecified atom stereocenters. The topological polar surface area (TPSA) is 96.3 Å². The number of hydrogen-bond donors (Lipinski definition) is 2. The van der Waals surface area contributed by atoms with Gasteiger partial charge in [-0.2, -0.15) is 0 Å². The number of carboxylic acid groups (broad SMARTS) is 1. The van der Waals surface area contributed by atoms with E-state index in [1.807, 2.05) is 48.5 Å². The summed E-state index contributed by atoms with van der Waals surface area (Å²) in [6.45, 7) is 1.46. The number of amides is 1. The molecule has 2 N–H and O–H groups in total. The molecule has 0 aliphatic carbocycles. The van der Waals surface area contributed by atoms with E-state index in [-0.39, 0.29) is 11.9 Å². The minimum atomic E-state index is -1.10. The van der Waals surface area contributed by atoms with Gasteiger partial charge in [-0.25, -0.2) is 4.79 Å². The Morgan fingerprint density at radius 2 is 1.40 bits per heavy atom. The van der Waals surface area contributed by atoms with E-state index in [0.717, 1.165) is 22.6 Å². The number of likely N-dealkylation sites (tertiary alicyclic amines) is 1. The lowest BCUT2D eigenvalue weighted by atomic mass is 9.80. The van der Waals surface area contributed by atoms with Crippen molar-refractivity contribution in [2.45, 2.75) is 38.0 Å². The average molecular weight is 413 g/mol. The predicted octanol–water partition coefficient (Wildman–Crippen LogP) is 2.15. The van der Waals surface area contributed by atoms with Crippen LogP contribution in [0.2, 0.25) is 0 Å². The lowest BCUT2D eigenvalue weighted by Crippen LogP contribution is -2.70. The molecule has 0 bridgehead atoms. The maximum absolute atomic E-state index is 12.8. The second-order valence-corrected chi connectivity index (χ2v) is 7.55. The first kappa shape index (κ1) is 21.6. The Morgan fingerprint density at radius 3 is 1.73 bits per heavy atom. The quantitative estimate of drug-likeness (QED) is 0.612. The summed E-state index contributed by atoms with van der Waals surface area (Å²) < 4.78 is 10.4. The number of rotatable bonds is 9. The van der Waals surface area contributed by atoms with Crippen molar-refractivity contribution in [2.24, 2.45) is 5.92 Å². The number of aliphatic carboxylic acids is 1. The lowest BCUT2D eigenvalue weighted by Gasteiger charge is -2.50. The number of aliphatic hydroxyl groups excluding tert-OH is 1.